The van der Waals surface area contributed by atoms with Gasteiger partial charge in [0.05, 0.1) is 27.7 Å². The van der Waals surface area contributed by atoms with Crippen molar-refractivity contribution in [1.82, 2.24) is 0 Å². The molecule has 0 aliphatic carbocycles. The van der Waals surface area contributed by atoms with Crippen LogP contribution in [0.1, 0.15) is 181 Å². The number of hydrogen-bond acceptors (Lipinski definition) is 8. The van der Waals surface area contributed by atoms with Crippen LogP contribution in [0.3, 0.4) is 0 Å². The molecule has 0 bridgehead atoms. The van der Waals surface area contributed by atoms with E-state index in [1.807, 2.05) is 21.1 Å². The maximum atomic E-state index is 12.6. The number of carbonyl (C=O) groups excluding carboxylic acids is 2. The molecule has 2 atom stereocenters. The average Bonchev–Trinajstić information content (AvgIpc) is 3.09. The van der Waals surface area contributed by atoms with Gasteiger partial charge in [0.2, 0.25) is 0 Å². The molecule has 306 valence electrons. The number of allylic oxidation sites excluding steroid dienone is 4. The monoisotopic (exact) mass is 758 g/mol. The van der Waals surface area contributed by atoms with Gasteiger partial charge in [-0.2, -0.15) is 0 Å². The predicted molar refractivity (Wildman–Crippen MR) is 213 cm³/mol. The van der Waals surface area contributed by atoms with Gasteiger partial charge in [-0.15, -0.1) is 0 Å². The molecule has 0 saturated heterocycles. The van der Waals surface area contributed by atoms with Crippen LogP contribution in [0.25, 0.3) is 0 Å². The van der Waals surface area contributed by atoms with Crippen LogP contribution in [0.15, 0.2) is 24.3 Å². The quantitative estimate of drug-likeness (QED) is 0.0201. The Morgan fingerprint density at radius 1 is 0.596 bits per heavy atom. The van der Waals surface area contributed by atoms with E-state index in [9.17, 15) is 19.0 Å². The summed E-state index contributed by atoms with van der Waals surface area (Å²) in [6, 6.07) is 0. The number of carbonyl (C=O) groups is 2. The lowest BCUT2D eigenvalue weighted by molar-refractivity contribution is -0.870. The van der Waals surface area contributed by atoms with E-state index in [0.29, 0.717) is 17.4 Å². The minimum atomic E-state index is -4.62. The van der Waals surface area contributed by atoms with E-state index in [1.165, 1.54) is 83.5 Å². The first kappa shape index (κ1) is 50.5. The second-order valence-corrected chi connectivity index (χ2v) is 16.8. The third-order valence-corrected chi connectivity index (χ3v) is 9.92. The van der Waals surface area contributed by atoms with Crippen LogP contribution in [-0.2, 0) is 32.7 Å². The van der Waals surface area contributed by atoms with E-state index in [1.54, 1.807) is 0 Å². The molecular weight excluding hydrogens is 677 g/mol. The number of phosphoric ester groups is 1. The highest BCUT2D eigenvalue weighted by atomic mass is 31.2. The minimum Gasteiger partial charge on any atom is -0.756 e. The van der Waals surface area contributed by atoms with E-state index in [4.69, 9.17) is 18.5 Å². The number of ether oxygens (including phenoxy) is 2. The van der Waals surface area contributed by atoms with Gasteiger partial charge >= 0.3 is 11.9 Å². The van der Waals surface area contributed by atoms with Gasteiger partial charge in [-0.3, -0.25) is 14.2 Å². The Morgan fingerprint density at radius 3 is 1.60 bits per heavy atom. The molecule has 0 fully saturated rings. The standard InChI is InChI=1S/C42H80NO8P/c1-6-8-10-12-14-16-18-20-21-23-24-26-28-30-32-34-41(44)48-38-40(39-50-52(46,47)49-37-36-43(3,4)5)51-42(45)35-33-31-29-27-25-22-19-17-15-13-11-9-7-2/h11,13,17,19,40H,6-10,12,14-16,18,20-39H2,1-5H3/b13-11-,19-17-. The van der Waals surface area contributed by atoms with Gasteiger partial charge in [-0.25, -0.2) is 0 Å². The predicted octanol–water partition coefficient (Wildman–Crippen LogP) is 10.9. The molecule has 0 aromatic rings. The van der Waals surface area contributed by atoms with Crippen LogP contribution in [0.2, 0.25) is 0 Å². The van der Waals surface area contributed by atoms with Gasteiger partial charge in [-0.05, 0) is 38.5 Å². The molecule has 0 saturated carbocycles. The fourth-order valence-corrected chi connectivity index (χ4v) is 6.36. The van der Waals surface area contributed by atoms with Crippen molar-refractivity contribution < 1.29 is 42.1 Å². The lowest BCUT2D eigenvalue weighted by Gasteiger charge is -2.28. The highest BCUT2D eigenvalue weighted by Crippen LogP contribution is 2.38. The van der Waals surface area contributed by atoms with E-state index >= 15 is 0 Å². The summed E-state index contributed by atoms with van der Waals surface area (Å²) in [5, 5.41) is 0. The third kappa shape index (κ3) is 38.2. The Balaban J connectivity index is 4.38. The Labute approximate surface area is 319 Å². The van der Waals surface area contributed by atoms with Crippen LogP contribution < -0.4 is 4.89 Å². The van der Waals surface area contributed by atoms with Gasteiger partial charge in [-0.1, -0.05) is 154 Å². The van der Waals surface area contributed by atoms with Crippen LogP contribution in [0.4, 0.5) is 0 Å². The van der Waals surface area contributed by atoms with Crippen molar-refractivity contribution in [2.75, 3.05) is 47.5 Å². The number of quaternary nitrogens is 1. The second kappa shape index (κ2) is 35.2. The lowest BCUT2D eigenvalue weighted by atomic mass is 10.0. The molecule has 0 aliphatic heterocycles. The first-order valence-corrected chi connectivity index (χ1v) is 22.5. The smallest absolute Gasteiger partial charge is 0.306 e. The van der Waals surface area contributed by atoms with Gasteiger partial charge in [0, 0.05) is 12.8 Å². The molecule has 0 aromatic heterocycles. The molecule has 10 heteroatoms. The van der Waals surface area contributed by atoms with Gasteiger partial charge in [0.15, 0.2) is 6.10 Å². The van der Waals surface area contributed by atoms with Crippen molar-refractivity contribution in [3.8, 4) is 0 Å². The molecule has 0 aromatic carbocycles. The number of hydrogen-bond donors (Lipinski definition) is 0. The molecule has 0 N–H and O–H groups in total. The molecule has 0 radical (unpaired) electrons. The van der Waals surface area contributed by atoms with Crippen molar-refractivity contribution in [2.24, 2.45) is 0 Å². The molecule has 9 nitrogen and oxygen atoms in total. The number of rotatable bonds is 38. The molecule has 0 rings (SSSR count). The zero-order chi connectivity index (χ0) is 38.6. The van der Waals surface area contributed by atoms with Crippen molar-refractivity contribution in [3.05, 3.63) is 24.3 Å². The fraction of sp³-hybridized carbons (Fsp3) is 0.857. The summed E-state index contributed by atoms with van der Waals surface area (Å²) in [6.45, 7) is 4.15. The van der Waals surface area contributed by atoms with Crippen LogP contribution in [-0.4, -0.2) is 70.0 Å². The molecule has 0 heterocycles. The number of esters is 2. The Kier molecular flexibility index (Phi) is 34.2. The molecule has 0 aliphatic rings. The molecule has 2 unspecified atom stereocenters. The Hall–Kier alpha value is -1.51. The first-order valence-electron chi connectivity index (χ1n) is 21.0. The first-order chi connectivity index (χ1) is 25.0. The minimum absolute atomic E-state index is 0.0321. The average molecular weight is 758 g/mol. The third-order valence-electron chi connectivity index (χ3n) is 8.96. The number of likely N-dealkylation sites (N-methyl/N-ethyl adjacent to an activating group) is 1. The molecule has 0 spiro atoms. The number of phosphoric acid groups is 1. The van der Waals surface area contributed by atoms with Gasteiger partial charge in [0.25, 0.3) is 7.82 Å². The Morgan fingerprint density at radius 2 is 1.08 bits per heavy atom. The highest BCUT2D eigenvalue weighted by molar-refractivity contribution is 7.45. The highest BCUT2D eigenvalue weighted by Gasteiger charge is 2.21. The normalized spacial score (nSPS) is 13.9. The van der Waals surface area contributed by atoms with Crippen LogP contribution in [0.5, 0.6) is 0 Å². The zero-order valence-electron chi connectivity index (χ0n) is 34.3. The summed E-state index contributed by atoms with van der Waals surface area (Å²) >= 11 is 0. The molecular formula is C42H80NO8P. The van der Waals surface area contributed by atoms with Crippen LogP contribution >= 0.6 is 7.82 Å². The van der Waals surface area contributed by atoms with Crippen LogP contribution in [0, 0.1) is 0 Å². The van der Waals surface area contributed by atoms with E-state index in [2.05, 4.69) is 38.2 Å². The summed E-state index contributed by atoms with van der Waals surface area (Å²) in [7, 11) is 1.16. The van der Waals surface area contributed by atoms with E-state index in [0.717, 1.165) is 64.2 Å². The lowest BCUT2D eigenvalue weighted by Crippen LogP contribution is -2.37. The van der Waals surface area contributed by atoms with Crippen molar-refractivity contribution in [2.45, 2.75) is 187 Å². The SMILES string of the molecule is CCC/C=C\C/C=C\CCCCCCCC(=O)OC(COC(=O)CCCCCCCCCCCCCCCCC)COP(=O)([O-])OCC[N+](C)(C)C. The number of nitrogens with zero attached hydrogens (tertiary/aromatic N) is 1. The van der Waals surface area contributed by atoms with Crippen molar-refractivity contribution >= 4 is 19.8 Å². The van der Waals surface area contributed by atoms with Gasteiger partial charge in [0.1, 0.15) is 19.8 Å². The zero-order valence-corrected chi connectivity index (χ0v) is 35.2. The summed E-state index contributed by atoms with van der Waals surface area (Å²) < 4.78 is 33.8. The maximum absolute atomic E-state index is 12.6. The topological polar surface area (TPSA) is 111 Å². The summed E-state index contributed by atoms with van der Waals surface area (Å²) in [4.78, 5) is 37.4. The summed E-state index contributed by atoms with van der Waals surface area (Å²) in [6.07, 6.45) is 36.3. The van der Waals surface area contributed by atoms with Gasteiger partial charge < -0.3 is 27.9 Å². The summed E-state index contributed by atoms with van der Waals surface area (Å²) in [5.41, 5.74) is 0. The van der Waals surface area contributed by atoms with E-state index < -0.39 is 26.5 Å². The van der Waals surface area contributed by atoms with Crippen molar-refractivity contribution in [1.29, 1.82) is 0 Å². The largest absolute Gasteiger partial charge is 0.756 e. The molecule has 52 heavy (non-hydrogen) atoms. The second-order valence-electron chi connectivity index (χ2n) is 15.4. The van der Waals surface area contributed by atoms with Crippen molar-refractivity contribution in [3.63, 3.8) is 0 Å². The maximum Gasteiger partial charge on any atom is 0.306 e. The number of unbranched alkanes of at least 4 members (excludes halogenated alkanes) is 20. The van der Waals surface area contributed by atoms with E-state index in [-0.39, 0.29) is 32.0 Å². The Bertz CT molecular complexity index is 949. The summed E-state index contributed by atoms with van der Waals surface area (Å²) in [5.74, 6) is -0.846. The molecule has 0 amide bonds. The fourth-order valence-electron chi connectivity index (χ4n) is 5.63.